The summed E-state index contributed by atoms with van der Waals surface area (Å²) in [5, 5.41) is 11.6. The molecule has 154 valence electrons. The number of hydrogen-bond acceptors (Lipinski definition) is 8. The number of methoxy groups -OCH3 is 1. The van der Waals surface area contributed by atoms with Crippen molar-refractivity contribution in [3.05, 3.63) is 70.6 Å². The van der Waals surface area contributed by atoms with Crippen molar-refractivity contribution in [1.29, 1.82) is 0 Å². The van der Waals surface area contributed by atoms with E-state index in [1.54, 1.807) is 18.4 Å². The molecule has 0 aliphatic rings. The van der Waals surface area contributed by atoms with Gasteiger partial charge in [0.1, 0.15) is 16.5 Å². The van der Waals surface area contributed by atoms with Gasteiger partial charge >= 0.3 is 0 Å². The van der Waals surface area contributed by atoms with E-state index in [1.807, 2.05) is 55.6 Å². The SMILES string of the molecule is COc1ccccc1-c1nc(CSc2nnc(COc3cc(C)ccc3C)o2)cs1. The van der Waals surface area contributed by atoms with E-state index in [1.165, 1.54) is 11.8 Å². The summed E-state index contributed by atoms with van der Waals surface area (Å²) in [4.78, 5) is 4.71. The van der Waals surface area contributed by atoms with Gasteiger partial charge < -0.3 is 13.9 Å². The third kappa shape index (κ3) is 4.83. The maximum Gasteiger partial charge on any atom is 0.277 e. The van der Waals surface area contributed by atoms with Gasteiger partial charge in [0, 0.05) is 11.1 Å². The van der Waals surface area contributed by atoms with E-state index in [9.17, 15) is 0 Å². The number of thioether (sulfide) groups is 1. The maximum atomic E-state index is 5.83. The molecule has 8 heteroatoms. The minimum absolute atomic E-state index is 0.243. The molecule has 0 aliphatic carbocycles. The molecule has 0 bridgehead atoms. The smallest absolute Gasteiger partial charge is 0.277 e. The van der Waals surface area contributed by atoms with Crippen LogP contribution in [0.5, 0.6) is 11.5 Å². The Balaban J connectivity index is 1.35. The van der Waals surface area contributed by atoms with Crippen molar-refractivity contribution in [3.8, 4) is 22.1 Å². The van der Waals surface area contributed by atoms with Gasteiger partial charge in [-0.2, -0.15) is 0 Å². The van der Waals surface area contributed by atoms with Gasteiger partial charge in [0.15, 0.2) is 6.61 Å². The zero-order valence-electron chi connectivity index (χ0n) is 16.9. The zero-order chi connectivity index (χ0) is 20.9. The van der Waals surface area contributed by atoms with Crippen molar-refractivity contribution >= 4 is 23.1 Å². The second-order valence-electron chi connectivity index (χ2n) is 6.65. The molecule has 2 aromatic carbocycles. The number of para-hydroxylation sites is 1. The molecule has 2 heterocycles. The quantitative estimate of drug-likeness (QED) is 0.327. The van der Waals surface area contributed by atoms with Crippen LogP contribution >= 0.6 is 23.1 Å². The lowest BCUT2D eigenvalue weighted by atomic mass is 10.1. The molecular weight excluding hydrogens is 418 g/mol. The number of ether oxygens (including phenoxy) is 2. The van der Waals surface area contributed by atoms with Crippen LogP contribution in [0, 0.1) is 13.8 Å². The van der Waals surface area contributed by atoms with Gasteiger partial charge in [-0.25, -0.2) is 4.98 Å². The summed E-state index contributed by atoms with van der Waals surface area (Å²) in [7, 11) is 1.67. The third-order valence-electron chi connectivity index (χ3n) is 4.38. The fourth-order valence-electron chi connectivity index (χ4n) is 2.81. The van der Waals surface area contributed by atoms with Crippen molar-refractivity contribution in [3.63, 3.8) is 0 Å². The second-order valence-corrected chi connectivity index (χ2v) is 8.44. The topological polar surface area (TPSA) is 70.3 Å². The Labute approximate surface area is 183 Å². The lowest BCUT2D eigenvalue weighted by Gasteiger charge is -2.07. The molecule has 30 heavy (non-hydrogen) atoms. The first-order chi connectivity index (χ1) is 14.6. The predicted molar refractivity (Wildman–Crippen MR) is 118 cm³/mol. The van der Waals surface area contributed by atoms with Crippen LogP contribution in [0.15, 0.2) is 57.5 Å². The van der Waals surface area contributed by atoms with Crippen LogP contribution in [-0.4, -0.2) is 22.3 Å². The number of rotatable bonds is 8. The monoisotopic (exact) mass is 439 g/mol. The summed E-state index contributed by atoms with van der Waals surface area (Å²) < 4.78 is 16.9. The predicted octanol–water partition coefficient (Wildman–Crippen LogP) is 5.69. The maximum absolute atomic E-state index is 5.83. The van der Waals surface area contributed by atoms with Crippen LogP contribution in [-0.2, 0) is 12.4 Å². The van der Waals surface area contributed by atoms with Crippen LogP contribution < -0.4 is 9.47 Å². The Morgan fingerprint density at radius 2 is 1.93 bits per heavy atom. The van der Waals surface area contributed by atoms with Gasteiger partial charge in [0.2, 0.25) is 0 Å². The fraction of sp³-hybridized carbons (Fsp3) is 0.227. The van der Waals surface area contributed by atoms with Gasteiger partial charge in [-0.15, -0.1) is 21.5 Å². The third-order valence-corrected chi connectivity index (χ3v) is 6.15. The van der Waals surface area contributed by atoms with Crippen LogP contribution in [0.4, 0.5) is 0 Å². The van der Waals surface area contributed by atoms with E-state index in [-0.39, 0.29) is 6.61 Å². The van der Waals surface area contributed by atoms with Gasteiger partial charge in [0.05, 0.1) is 18.4 Å². The first-order valence-electron chi connectivity index (χ1n) is 9.35. The lowest BCUT2D eigenvalue weighted by Crippen LogP contribution is -1.97. The second kappa shape index (κ2) is 9.32. The van der Waals surface area contributed by atoms with Crippen molar-refractivity contribution in [2.75, 3.05) is 7.11 Å². The van der Waals surface area contributed by atoms with Crippen LogP contribution in [0.1, 0.15) is 22.7 Å². The standard InChI is InChI=1S/C22H21N3O3S2/c1-14-8-9-15(2)19(10-14)27-11-20-24-25-22(28-20)30-13-16-12-29-21(23-16)17-6-4-5-7-18(17)26-3/h4-10,12H,11,13H2,1-3H3. The van der Waals surface area contributed by atoms with Crippen molar-refractivity contribution in [1.82, 2.24) is 15.2 Å². The molecule has 0 N–H and O–H groups in total. The minimum Gasteiger partial charge on any atom is -0.496 e. The molecule has 0 fully saturated rings. The molecule has 2 aromatic heterocycles. The Morgan fingerprint density at radius 1 is 1.07 bits per heavy atom. The molecule has 0 amide bonds. The van der Waals surface area contributed by atoms with E-state index in [2.05, 4.69) is 16.3 Å². The minimum atomic E-state index is 0.243. The molecule has 0 saturated carbocycles. The lowest BCUT2D eigenvalue weighted by molar-refractivity contribution is 0.250. The van der Waals surface area contributed by atoms with Crippen molar-refractivity contribution in [2.45, 2.75) is 31.4 Å². The van der Waals surface area contributed by atoms with E-state index in [4.69, 9.17) is 18.9 Å². The molecular formula is C22H21N3O3S2. The Kier molecular flexibility index (Phi) is 6.35. The Bertz CT molecular complexity index is 1140. The average Bonchev–Trinajstić information content (AvgIpc) is 3.42. The van der Waals surface area contributed by atoms with E-state index in [0.717, 1.165) is 38.9 Å². The number of thiazole rings is 1. The van der Waals surface area contributed by atoms with Gasteiger partial charge in [-0.3, -0.25) is 0 Å². The summed E-state index contributed by atoms with van der Waals surface area (Å²) >= 11 is 3.05. The molecule has 0 radical (unpaired) electrons. The first-order valence-corrected chi connectivity index (χ1v) is 11.2. The molecule has 4 aromatic rings. The summed E-state index contributed by atoms with van der Waals surface area (Å²) in [5.74, 6) is 2.74. The summed E-state index contributed by atoms with van der Waals surface area (Å²) in [6, 6.07) is 14.0. The molecule has 6 nitrogen and oxygen atoms in total. The number of aryl methyl sites for hydroxylation is 2. The van der Waals surface area contributed by atoms with Crippen molar-refractivity contribution < 1.29 is 13.9 Å². The molecule has 0 atom stereocenters. The molecule has 0 aliphatic heterocycles. The highest BCUT2D eigenvalue weighted by atomic mass is 32.2. The van der Waals surface area contributed by atoms with E-state index < -0.39 is 0 Å². The Morgan fingerprint density at radius 3 is 2.80 bits per heavy atom. The molecule has 0 spiro atoms. The van der Waals surface area contributed by atoms with Crippen molar-refractivity contribution in [2.24, 2.45) is 0 Å². The summed E-state index contributed by atoms with van der Waals surface area (Å²) in [5.41, 5.74) is 4.17. The summed E-state index contributed by atoms with van der Waals surface area (Å²) in [6.07, 6.45) is 0. The average molecular weight is 440 g/mol. The zero-order valence-corrected chi connectivity index (χ0v) is 18.5. The van der Waals surface area contributed by atoms with Crippen LogP contribution in [0.2, 0.25) is 0 Å². The molecule has 4 rings (SSSR count). The molecule has 0 saturated heterocycles. The van der Waals surface area contributed by atoms with Crippen LogP contribution in [0.3, 0.4) is 0 Å². The number of aromatic nitrogens is 3. The highest BCUT2D eigenvalue weighted by molar-refractivity contribution is 7.98. The largest absolute Gasteiger partial charge is 0.496 e. The number of benzene rings is 2. The van der Waals surface area contributed by atoms with Gasteiger partial charge in [0.25, 0.3) is 11.1 Å². The normalized spacial score (nSPS) is 10.9. The molecule has 0 unspecified atom stereocenters. The number of hydrogen-bond donors (Lipinski definition) is 0. The Hall–Kier alpha value is -2.84. The highest BCUT2D eigenvalue weighted by Gasteiger charge is 2.12. The van der Waals surface area contributed by atoms with E-state index in [0.29, 0.717) is 16.9 Å². The first kappa shape index (κ1) is 20.4. The fourth-order valence-corrected chi connectivity index (χ4v) is 4.44. The highest BCUT2D eigenvalue weighted by Crippen LogP contribution is 2.33. The van der Waals surface area contributed by atoms with Crippen LogP contribution in [0.25, 0.3) is 10.6 Å². The van der Waals surface area contributed by atoms with Gasteiger partial charge in [-0.1, -0.05) is 36.0 Å². The van der Waals surface area contributed by atoms with E-state index >= 15 is 0 Å². The van der Waals surface area contributed by atoms with Gasteiger partial charge in [-0.05, 0) is 43.2 Å². The summed E-state index contributed by atoms with van der Waals surface area (Å²) in [6.45, 7) is 4.29. The number of nitrogens with zero attached hydrogens (tertiary/aromatic N) is 3.